The van der Waals surface area contributed by atoms with Crippen molar-refractivity contribution >= 4 is 5.82 Å². The quantitative estimate of drug-likeness (QED) is 0.874. The molecule has 2 saturated carbocycles. The van der Waals surface area contributed by atoms with Crippen LogP contribution in [0.4, 0.5) is 5.82 Å². The van der Waals surface area contributed by atoms with E-state index in [1.54, 1.807) is 6.33 Å². The van der Waals surface area contributed by atoms with Crippen LogP contribution < -0.4 is 5.32 Å². The maximum atomic E-state index is 4.86. The van der Waals surface area contributed by atoms with E-state index in [0.717, 1.165) is 37.2 Å². The Labute approximate surface area is 161 Å². The molecule has 0 unspecified atom stereocenters. The average molecular weight is 367 g/mol. The van der Waals surface area contributed by atoms with Gasteiger partial charge in [0.1, 0.15) is 12.1 Å². The lowest BCUT2D eigenvalue weighted by Gasteiger charge is -2.33. The van der Waals surface area contributed by atoms with E-state index in [1.807, 2.05) is 0 Å². The van der Waals surface area contributed by atoms with Gasteiger partial charge >= 0.3 is 0 Å². The number of hydrogen-bond donors (Lipinski definition) is 1. The Morgan fingerprint density at radius 2 is 1.85 bits per heavy atom. The Balaban J connectivity index is 1.24. The molecule has 0 bridgehead atoms. The molecule has 3 heterocycles. The summed E-state index contributed by atoms with van der Waals surface area (Å²) in [4.78, 5) is 11.5. The van der Waals surface area contributed by atoms with Crippen molar-refractivity contribution < 1.29 is 0 Å². The molecule has 3 aliphatic rings. The van der Waals surface area contributed by atoms with Crippen LogP contribution in [0.25, 0.3) is 0 Å². The fourth-order valence-corrected chi connectivity index (χ4v) is 4.64. The summed E-state index contributed by atoms with van der Waals surface area (Å²) >= 11 is 0. The van der Waals surface area contributed by atoms with Gasteiger partial charge in [-0.3, -0.25) is 9.58 Å². The molecule has 5 rings (SSSR count). The molecule has 0 spiro atoms. The number of hydrogen-bond acceptors (Lipinski definition) is 5. The molecule has 0 aromatic carbocycles. The van der Waals surface area contributed by atoms with Crippen molar-refractivity contribution in [2.24, 2.45) is 0 Å². The highest BCUT2D eigenvalue weighted by atomic mass is 15.3. The van der Waals surface area contributed by atoms with Gasteiger partial charge in [0.05, 0.1) is 17.9 Å². The molecule has 2 fully saturated rings. The van der Waals surface area contributed by atoms with Crippen molar-refractivity contribution in [3.63, 3.8) is 0 Å². The molecular formula is C21H30N6. The van der Waals surface area contributed by atoms with Gasteiger partial charge in [0, 0.05) is 43.4 Å². The molecule has 2 aliphatic carbocycles. The number of nitrogens with zero attached hydrogens (tertiary/aromatic N) is 5. The average Bonchev–Trinajstić information content (AvgIpc) is 3.52. The molecule has 0 atom stereocenters. The maximum absolute atomic E-state index is 4.86. The van der Waals surface area contributed by atoms with Crippen LogP contribution in [0, 0.1) is 0 Å². The second-order valence-electron chi connectivity index (χ2n) is 8.42. The van der Waals surface area contributed by atoms with Gasteiger partial charge in [-0.15, -0.1) is 0 Å². The Morgan fingerprint density at radius 1 is 0.963 bits per heavy atom. The summed E-state index contributed by atoms with van der Waals surface area (Å²) in [6.07, 6.45) is 12.4. The van der Waals surface area contributed by atoms with Crippen molar-refractivity contribution in [2.45, 2.75) is 83.0 Å². The van der Waals surface area contributed by atoms with Crippen molar-refractivity contribution in [1.29, 1.82) is 0 Å². The summed E-state index contributed by atoms with van der Waals surface area (Å²) < 4.78 is 2.23. The monoisotopic (exact) mass is 366 g/mol. The number of anilines is 1. The third-order valence-electron chi connectivity index (χ3n) is 6.32. The van der Waals surface area contributed by atoms with Gasteiger partial charge in [-0.1, -0.05) is 19.3 Å². The highest BCUT2D eigenvalue weighted by molar-refractivity contribution is 5.37. The first kappa shape index (κ1) is 17.2. The first-order valence-electron chi connectivity index (χ1n) is 10.7. The predicted octanol–water partition coefficient (Wildman–Crippen LogP) is 3.70. The van der Waals surface area contributed by atoms with Gasteiger partial charge in [-0.05, 0) is 38.2 Å². The van der Waals surface area contributed by atoms with E-state index in [1.165, 1.54) is 69.3 Å². The van der Waals surface area contributed by atoms with Crippen LogP contribution in [0.15, 0.2) is 18.5 Å². The van der Waals surface area contributed by atoms with E-state index < -0.39 is 0 Å². The van der Waals surface area contributed by atoms with E-state index in [9.17, 15) is 0 Å². The zero-order valence-corrected chi connectivity index (χ0v) is 16.1. The molecule has 2 aromatic heterocycles. The zero-order chi connectivity index (χ0) is 18.1. The fourth-order valence-electron chi connectivity index (χ4n) is 4.64. The normalized spacial score (nSPS) is 21.6. The standard InChI is InChI=1S/C21H30N6/c1-2-5-18(6-3-1)26-9-4-10-27-19(14-26)11-17(25-27)13-22-21-12-20(16-7-8-16)23-15-24-21/h11-12,15-16,18H,1-10,13-14H2,(H,22,23,24). The summed E-state index contributed by atoms with van der Waals surface area (Å²) in [5.74, 6) is 1.57. The van der Waals surface area contributed by atoms with Gasteiger partial charge in [0.2, 0.25) is 0 Å². The summed E-state index contributed by atoms with van der Waals surface area (Å²) in [7, 11) is 0. The fraction of sp³-hybridized carbons (Fsp3) is 0.667. The van der Waals surface area contributed by atoms with Crippen molar-refractivity contribution in [1.82, 2.24) is 24.6 Å². The minimum Gasteiger partial charge on any atom is -0.364 e. The zero-order valence-electron chi connectivity index (χ0n) is 16.1. The largest absolute Gasteiger partial charge is 0.364 e. The number of nitrogens with one attached hydrogen (secondary N) is 1. The van der Waals surface area contributed by atoms with Crippen LogP contribution in [0.3, 0.4) is 0 Å². The van der Waals surface area contributed by atoms with Crippen molar-refractivity contribution in [3.8, 4) is 0 Å². The minimum absolute atomic E-state index is 0.656. The van der Waals surface area contributed by atoms with Crippen molar-refractivity contribution in [3.05, 3.63) is 35.5 Å². The van der Waals surface area contributed by atoms with Gasteiger partial charge in [-0.25, -0.2) is 9.97 Å². The lowest BCUT2D eigenvalue weighted by Crippen LogP contribution is -2.36. The van der Waals surface area contributed by atoms with E-state index in [4.69, 9.17) is 5.10 Å². The third kappa shape index (κ3) is 4.00. The molecule has 6 nitrogen and oxygen atoms in total. The number of aromatic nitrogens is 4. The van der Waals surface area contributed by atoms with Crippen molar-refractivity contribution in [2.75, 3.05) is 11.9 Å². The molecule has 0 amide bonds. The highest BCUT2D eigenvalue weighted by Crippen LogP contribution is 2.39. The van der Waals surface area contributed by atoms with Gasteiger partial charge in [-0.2, -0.15) is 5.10 Å². The van der Waals surface area contributed by atoms with Gasteiger partial charge in [0.25, 0.3) is 0 Å². The van der Waals surface area contributed by atoms with Crippen LogP contribution >= 0.6 is 0 Å². The topological polar surface area (TPSA) is 58.9 Å². The van der Waals surface area contributed by atoms with Crippen LogP contribution in [0.5, 0.6) is 0 Å². The summed E-state index contributed by atoms with van der Waals surface area (Å²) in [6.45, 7) is 4.03. The van der Waals surface area contributed by atoms with Crippen LogP contribution in [-0.2, 0) is 19.6 Å². The molecule has 0 radical (unpaired) electrons. The molecular weight excluding hydrogens is 336 g/mol. The second-order valence-corrected chi connectivity index (χ2v) is 8.42. The summed E-state index contributed by atoms with van der Waals surface area (Å²) in [5.41, 5.74) is 3.66. The summed E-state index contributed by atoms with van der Waals surface area (Å²) in [5, 5.41) is 8.30. The van der Waals surface area contributed by atoms with E-state index >= 15 is 0 Å². The number of aryl methyl sites for hydroxylation is 1. The summed E-state index contributed by atoms with van der Waals surface area (Å²) in [6, 6.07) is 5.17. The van der Waals surface area contributed by atoms with Crippen LogP contribution in [0.2, 0.25) is 0 Å². The molecule has 2 aromatic rings. The molecule has 1 aliphatic heterocycles. The number of rotatable bonds is 5. The molecule has 0 saturated heterocycles. The number of fused-ring (bicyclic) bond motifs is 1. The predicted molar refractivity (Wildman–Crippen MR) is 105 cm³/mol. The van der Waals surface area contributed by atoms with E-state index in [2.05, 4.69) is 37.0 Å². The third-order valence-corrected chi connectivity index (χ3v) is 6.32. The Hall–Kier alpha value is -1.95. The van der Waals surface area contributed by atoms with E-state index in [0.29, 0.717) is 5.92 Å². The van der Waals surface area contributed by atoms with Crippen LogP contribution in [0.1, 0.15) is 74.4 Å². The van der Waals surface area contributed by atoms with E-state index in [-0.39, 0.29) is 0 Å². The smallest absolute Gasteiger partial charge is 0.129 e. The highest BCUT2D eigenvalue weighted by Gasteiger charge is 2.26. The maximum Gasteiger partial charge on any atom is 0.129 e. The first-order chi connectivity index (χ1) is 13.3. The molecule has 1 N–H and O–H groups in total. The van der Waals surface area contributed by atoms with Gasteiger partial charge < -0.3 is 5.32 Å². The Bertz CT molecular complexity index is 775. The Morgan fingerprint density at radius 3 is 2.70 bits per heavy atom. The lowest BCUT2D eigenvalue weighted by atomic mass is 9.94. The minimum atomic E-state index is 0.656. The molecule has 27 heavy (non-hydrogen) atoms. The Kier molecular flexibility index (Phi) is 4.82. The molecule has 144 valence electrons. The van der Waals surface area contributed by atoms with Gasteiger partial charge in [0.15, 0.2) is 0 Å². The molecule has 6 heteroatoms. The van der Waals surface area contributed by atoms with Crippen LogP contribution in [-0.4, -0.2) is 37.2 Å². The lowest BCUT2D eigenvalue weighted by molar-refractivity contribution is 0.150. The second kappa shape index (κ2) is 7.58. The first-order valence-corrected chi connectivity index (χ1v) is 10.7. The SMILES string of the molecule is c1nc(NCc2cc3n(n2)CCCN(C2CCCCC2)C3)cc(C2CC2)n1.